The second kappa shape index (κ2) is 9.50. The van der Waals surface area contributed by atoms with Crippen molar-refractivity contribution in [1.82, 2.24) is 0 Å². The van der Waals surface area contributed by atoms with Gasteiger partial charge in [0.2, 0.25) is 0 Å². The van der Waals surface area contributed by atoms with E-state index < -0.39 is 0 Å². The molecule has 1 fully saturated rings. The van der Waals surface area contributed by atoms with Crippen LogP contribution in [0.15, 0.2) is 42.5 Å². The molecule has 27 heavy (non-hydrogen) atoms. The van der Waals surface area contributed by atoms with E-state index in [1.54, 1.807) is 18.2 Å². The van der Waals surface area contributed by atoms with Crippen LogP contribution in [-0.4, -0.2) is 10.2 Å². The van der Waals surface area contributed by atoms with Gasteiger partial charge in [0.25, 0.3) is 0 Å². The first-order valence-corrected chi connectivity index (χ1v) is 10.8. The molecule has 0 radical (unpaired) electrons. The highest BCUT2D eigenvalue weighted by Crippen LogP contribution is 2.44. The molecule has 3 heteroatoms. The van der Waals surface area contributed by atoms with E-state index in [1.165, 1.54) is 68.9 Å². The summed E-state index contributed by atoms with van der Waals surface area (Å²) in [4.78, 5) is 0. The molecule has 0 amide bonds. The Morgan fingerprint density at radius 1 is 0.630 bits per heavy atom. The van der Waals surface area contributed by atoms with Gasteiger partial charge in [0, 0.05) is 5.41 Å². The summed E-state index contributed by atoms with van der Waals surface area (Å²) in [5.74, 6) is 0.431. The van der Waals surface area contributed by atoms with Crippen LogP contribution in [-0.2, 0) is 5.41 Å². The molecule has 0 aromatic heterocycles. The predicted molar refractivity (Wildman–Crippen MR) is 113 cm³/mol. The molecule has 2 nitrogen and oxygen atoms in total. The predicted octanol–water partition coefficient (Wildman–Crippen LogP) is 7.34. The van der Waals surface area contributed by atoms with E-state index in [4.69, 9.17) is 11.6 Å². The summed E-state index contributed by atoms with van der Waals surface area (Å²) in [6.07, 6.45) is 13.7. The third-order valence-corrected chi connectivity index (χ3v) is 6.43. The van der Waals surface area contributed by atoms with Gasteiger partial charge in [0.15, 0.2) is 0 Å². The van der Waals surface area contributed by atoms with Crippen LogP contribution in [0, 0.1) is 0 Å². The summed E-state index contributed by atoms with van der Waals surface area (Å²) in [6, 6.07) is 13.4. The lowest BCUT2D eigenvalue weighted by Crippen LogP contribution is -2.28. The fourth-order valence-corrected chi connectivity index (χ4v) is 4.73. The van der Waals surface area contributed by atoms with Crippen LogP contribution in [0.4, 0.5) is 0 Å². The van der Waals surface area contributed by atoms with Gasteiger partial charge in [-0.25, -0.2) is 0 Å². The van der Waals surface area contributed by atoms with Gasteiger partial charge in [-0.3, -0.25) is 0 Å². The topological polar surface area (TPSA) is 40.5 Å². The first kappa shape index (κ1) is 20.1. The Kier molecular flexibility index (Phi) is 7.07. The Labute approximate surface area is 168 Å². The lowest BCUT2D eigenvalue weighted by Gasteiger charge is -2.36. The summed E-state index contributed by atoms with van der Waals surface area (Å²) >= 11 is 6.30. The molecule has 0 aliphatic heterocycles. The highest BCUT2D eigenvalue weighted by atomic mass is 35.5. The summed E-state index contributed by atoms with van der Waals surface area (Å²) < 4.78 is 0. The van der Waals surface area contributed by atoms with Crippen molar-refractivity contribution < 1.29 is 10.2 Å². The van der Waals surface area contributed by atoms with Gasteiger partial charge in [-0.05, 0) is 48.2 Å². The molecule has 0 spiro atoms. The fraction of sp³-hybridized carbons (Fsp3) is 0.500. The fourth-order valence-electron chi connectivity index (χ4n) is 4.55. The Balaban J connectivity index is 2.02. The van der Waals surface area contributed by atoms with Crippen molar-refractivity contribution in [3.05, 3.63) is 58.6 Å². The van der Waals surface area contributed by atoms with Gasteiger partial charge in [-0.15, -0.1) is 0 Å². The van der Waals surface area contributed by atoms with Gasteiger partial charge < -0.3 is 10.2 Å². The molecule has 1 aliphatic rings. The molecule has 0 saturated heterocycles. The first-order valence-electron chi connectivity index (χ1n) is 10.4. The Hall–Kier alpha value is -1.67. The van der Waals surface area contributed by atoms with E-state index in [-0.39, 0.29) is 11.2 Å². The zero-order valence-electron chi connectivity index (χ0n) is 16.1. The molecular formula is C24H31ClO2. The number of halogens is 1. The minimum Gasteiger partial charge on any atom is -0.508 e. The number of rotatable bonds is 2. The van der Waals surface area contributed by atoms with Gasteiger partial charge in [-0.2, -0.15) is 0 Å². The molecular weight excluding hydrogens is 356 g/mol. The molecule has 1 aliphatic carbocycles. The van der Waals surface area contributed by atoms with Crippen LogP contribution in [0.1, 0.15) is 81.8 Å². The Morgan fingerprint density at radius 3 is 1.63 bits per heavy atom. The van der Waals surface area contributed by atoms with Crippen LogP contribution in [0.25, 0.3) is 0 Å². The zero-order valence-corrected chi connectivity index (χ0v) is 16.8. The first-order chi connectivity index (χ1) is 13.1. The molecule has 146 valence electrons. The molecule has 0 atom stereocenters. The van der Waals surface area contributed by atoms with Crippen molar-refractivity contribution in [3.63, 3.8) is 0 Å². The maximum atomic E-state index is 9.92. The van der Waals surface area contributed by atoms with Crippen molar-refractivity contribution in [3.8, 4) is 11.5 Å². The maximum absolute atomic E-state index is 9.92. The largest absolute Gasteiger partial charge is 0.508 e. The summed E-state index contributed by atoms with van der Waals surface area (Å²) in [7, 11) is 0. The quantitative estimate of drug-likeness (QED) is 0.566. The third kappa shape index (κ3) is 4.99. The second-order valence-electron chi connectivity index (χ2n) is 7.98. The zero-order chi connectivity index (χ0) is 19.1. The Bertz CT molecular complexity index is 712. The standard InChI is InChI=1S/C24H31ClO2/c25-22-18-20(12-15-23(22)27)24(19-10-13-21(26)14-11-19)16-8-6-4-2-1-3-5-7-9-17-24/h10-15,18,26-27H,1-9,16-17H2. The van der Waals surface area contributed by atoms with Gasteiger partial charge in [0.1, 0.15) is 11.5 Å². The molecule has 1 saturated carbocycles. The van der Waals surface area contributed by atoms with E-state index >= 15 is 0 Å². The smallest absolute Gasteiger partial charge is 0.134 e. The Morgan fingerprint density at radius 2 is 1.11 bits per heavy atom. The van der Waals surface area contributed by atoms with Crippen LogP contribution in [0.3, 0.4) is 0 Å². The average molecular weight is 387 g/mol. The number of phenols is 2. The molecule has 0 heterocycles. The van der Waals surface area contributed by atoms with E-state index in [1.807, 2.05) is 12.1 Å². The van der Waals surface area contributed by atoms with E-state index in [0.717, 1.165) is 12.8 Å². The molecule has 2 aromatic carbocycles. The van der Waals surface area contributed by atoms with Gasteiger partial charge >= 0.3 is 0 Å². The van der Waals surface area contributed by atoms with E-state index in [9.17, 15) is 10.2 Å². The molecule has 0 bridgehead atoms. The van der Waals surface area contributed by atoms with Crippen LogP contribution >= 0.6 is 11.6 Å². The van der Waals surface area contributed by atoms with Crippen molar-refractivity contribution in [2.45, 2.75) is 76.0 Å². The third-order valence-electron chi connectivity index (χ3n) is 6.13. The maximum Gasteiger partial charge on any atom is 0.134 e. The number of benzene rings is 2. The molecule has 3 rings (SSSR count). The normalized spacial score (nSPS) is 19.0. The SMILES string of the molecule is Oc1ccc(C2(c3ccc(O)c(Cl)c3)CCCCCCCCCCC2)cc1. The highest BCUT2D eigenvalue weighted by molar-refractivity contribution is 6.32. The molecule has 0 unspecified atom stereocenters. The van der Waals surface area contributed by atoms with E-state index in [0.29, 0.717) is 10.8 Å². The highest BCUT2D eigenvalue weighted by Gasteiger charge is 2.34. The van der Waals surface area contributed by atoms with Crippen molar-refractivity contribution in [2.24, 2.45) is 0 Å². The van der Waals surface area contributed by atoms with Crippen LogP contribution in [0.2, 0.25) is 5.02 Å². The number of hydrogen-bond acceptors (Lipinski definition) is 2. The van der Waals surface area contributed by atoms with E-state index in [2.05, 4.69) is 12.1 Å². The summed E-state index contributed by atoms with van der Waals surface area (Å²) in [5, 5.41) is 20.1. The molecule has 2 aromatic rings. The van der Waals surface area contributed by atoms with Crippen LogP contribution < -0.4 is 0 Å². The monoisotopic (exact) mass is 386 g/mol. The molecule has 2 N–H and O–H groups in total. The van der Waals surface area contributed by atoms with Crippen LogP contribution in [0.5, 0.6) is 11.5 Å². The van der Waals surface area contributed by atoms with Gasteiger partial charge in [0.05, 0.1) is 5.02 Å². The summed E-state index contributed by atoms with van der Waals surface area (Å²) in [6.45, 7) is 0. The van der Waals surface area contributed by atoms with Gasteiger partial charge in [-0.1, -0.05) is 87.6 Å². The van der Waals surface area contributed by atoms with Crippen molar-refractivity contribution in [1.29, 1.82) is 0 Å². The lowest BCUT2D eigenvalue weighted by molar-refractivity contribution is 0.381. The minimum atomic E-state index is -0.121. The lowest BCUT2D eigenvalue weighted by atomic mass is 9.67. The summed E-state index contributed by atoms with van der Waals surface area (Å²) in [5.41, 5.74) is 2.29. The second-order valence-corrected chi connectivity index (χ2v) is 8.38. The number of aromatic hydroxyl groups is 2. The van der Waals surface area contributed by atoms with Crippen molar-refractivity contribution in [2.75, 3.05) is 0 Å². The average Bonchev–Trinajstić information content (AvgIpc) is 2.66. The minimum absolute atomic E-state index is 0.121. The number of phenolic OH excluding ortho intramolecular Hbond substituents is 2. The van der Waals surface area contributed by atoms with Crippen molar-refractivity contribution >= 4 is 11.6 Å². The number of hydrogen-bond donors (Lipinski definition) is 2.